The zero-order valence-electron chi connectivity index (χ0n) is 16.6. The lowest BCUT2D eigenvalue weighted by atomic mass is 9.77. The number of phenolic OH excluding ortho intramolecular Hbond substituents is 1. The predicted octanol–water partition coefficient (Wildman–Crippen LogP) is 6.75. The molecule has 3 atom stereocenters. The summed E-state index contributed by atoms with van der Waals surface area (Å²) in [6, 6.07) is 5.72. The van der Waals surface area contributed by atoms with E-state index in [-0.39, 0.29) is 5.75 Å². The van der Waals surface area contributed by atoms with E-state index in [9.17, 15) is 5.11 Å². The minimum Gasteiger partial charge on any atom is -0.504 e. The lowest BCUT2D eigenvalue weighted by Crippen LogP contribution is -2.17. The van der Waals surface area contributed by atoms with Crippen LogP contribution < -0.4 is 4.74 Å². The maximum Gasteiger partial charge on any atom is 0.161 e. The van der Waals surface area contributed by atoms with Crippen LogP contribution in [0.5, 0.6) is 11.5 Å². The highest BCUT2D eigenvalue weighted by Crippen LogP contribution is 2.41. The van der Waals surface area contributed by atoms with E-state index in [0.717, 1.165) is 23.3 Å². The van der Waals surface area contributed by atoms with Crippen LogP contribution in [0.2, 0.25) is 0 Å². The van der Waals surface area contributed by atoms with Gasteiger partial charge in [0.05, 0.1) is 6.61 Å². The minimum atomic E-state index is 0.228. The monoisotopic (exact) mass is 354 g/mol. The lowest BCUT2D eigenvalue weighted by molar-refractivity contribution is 0.282. The standard InChI is InChI=1S/C24H34O2/c1-4-26-24-16-19(10-13-23(24)25)15-22-7-5-6-21(22)14-18(3)20-11-8-17(2)9-12-20/h8,10,13,15-16,18,20-21,25H,4-7,9,11-12,14H2,1-3H3. The first-order valence-corrected chi connectivity index (χ1v) is 10.4. The number of ether oxygens (including phenoxy) is 1. The molecule has 3 rings (SSSR count). The molecule has 2 nitrogen and oxygen atoms in total. The van der Waals surface area contributed by atoms with Gasteiger partial charge < -0.3 is 9.84 Å². The van der Waals surface area contributed by atoms with Gasteiger partial charge in [0.25, 0.3) is 0 Å². The van der Waals surface area contributed by atoms with E-state index in [4.69, 9.17) is 4.74 Å². The molecule has 0 heterocycles. The van der Waals surface area contributed by atoms with Crippen LogP contribution in [0.4, 0.5) is 0 Å². The van der Waals surface area contributed by atoms with Crippen molar-refractivity contribution in [1.29, 1.82) is 0 Å². The van der Waals surface area contributed by atoms with E-state index in [1.807, 2.05) is 19.1 Å². The second-order valence-electron chi connectivity index (χ2n) is 8.27. The molecule has 0 radical (unpaired) electrons. The fourth-order valence-corrected chi connectivity index (χ4v) is 4.65. The molecule has 1 aromatic rings. The Morgan fingerprint density at radius 2 is 2.12 bits per heavy atom. The molecule has 0 bridgehead atoms. The molecule has 0 aliphatic heterocycles. The van der Waals surface area contributed by atoms with Gasteiger partial charge in [-0.1, -0.05) is 36.3 Å². The average Bonchev–Trinajstić information content (AvgIpc) is 3.05. The van der Waals surface area contributed by atoms with Crippen molar-refractivity contribution in [1.82, 2.24) is 0 Å². The highest BCUT2D eigenvalue weighted by molar-refractivity contribution is 5.58. The first kappa shape index (κ1) is 19.1. The van der Waals surface area contributed by atoms with E-state index in [0.29, 0.717) is 12.4 Å². The topological polar surface area (TPSA) is 29.5 Å². The summed E-state index contributed by atoms with van der Waals surface area (Å²) in [6.45, 7) is 7.25. The molecule has 142 valence electrons. The van der Waals surface area contributed by atoms with Gasteiger partial charge in [0.2, 0.25) is 0 Å². The van der Waals surface area contributed by atoms with Crippen molar-refractivity contribution in [2.45, 2.75) is 65.7 Å². The number of hydrogen-bond acceptors (Lipinski definition) is 2. The number of hydrogen-bond donors (Lipinski definition) is 1. The molecule has 2 heteroatoms. The number of allylic oxidation sites excluding steroid dienone is 3. The van der Waals surface area contributed by atoms with Crippen molar-refractivity contribution in [3.63, 3.8) is 0 Å². The second kappa shape index (κ2) is 8.79. The van der Waals surface area contributed by atoms with Gasteiger partial charge in [0, 0.05) is 0 Å². The van der Waals surface area contributed by atoms with Crippen LogP contribution in [-0.2, 0) is 0 Å². The maximum atomic E-state index is 9.91. The molecule has 1 fully saturated rings. The highest BCUT2D eigenvalue weighted by Gasteiger charge is 2.27. The summed E-state index contributed by atoms with van der Waals surface area (Å²) >= 11 is 0. The van der Waals surface area contributed by atoms with Crippen LogP contribution in [-0.4, -0.2) is 11.7 Å². The predicted molar refractivity (Wildman–Crippen MR) is 109 cm³/mol. The number of rotatable bonds is 6. The molecule has 1 saturated carbocycles. The SMILES string of the molecule is CCOc1cc(C=C2CCCC2CC(C)C2CC=C(C)CC2)ccc1O. The van der Waals surface area contributed by atoms with E-state index in [1.165, 1.54) is 44.9 Å². The minimum absolute atomic E-state index is 0.228. The lowest BCUT2D eigenvalue weighted by Gasteiger charge is -2.29. The molecular weight excluding hydrogens is 320 g/mol. The Hall–Kier alpha value is -1.70. The van der Waals surface area contributed by atoms with Gasteiger partial charge in [-0.05, 0) is 94.2 Å². The summed E-state index contributed by atoms with van der Waals surface area (Å²) in [6.07, 6.45) is 13.9. The average molecular weight is 355 g/mol. The van der Waals surface area contributed by atoms with Gasteiger partial charge in [-0.3, -0.25) is 0 Å². The fourth-order valence-electron chi connectivity index (χ4n) is 4.65. The van der Waals surface area contributed by atoms with Crippen molar-refractivity contribution in [3.05, 3.63) is 41.0 Å². The Labute approximate surface area is 159 Å². The molecule has 0 amide bonds. The Morgan fingerprint density at radius 3 is 2.85 bits per heavy atom. The van der Waals surface area contributed by atoms with Gasteiger partial charge in [-0.15, -0.1) is 0 Å². The second-order valence-corrected chi connectivity index (χ2v) is 8.27. The molecule has 2 aliphatic carbocycles. The maximum absolute atomic E-state index is 9.91. The molecule has 0 spiro atoms. The third-order valence-electron chi connectivity index (χ3n) is 6.32. The van der Waals surface area contributed by atoms with E-state index in [1.54, 1.807) is 17.2 Å². The molecule has 0 aromatic heterocycles. The smallest absolute Gasteiger partial charge is 0.161 e. The molecular formula is C24H34O2. The third kappa shape index (κ3) is 4.72. The molecule has 1 aromatic carbocycles. The van der Waals surface area contributed by atoms with Crippen LogP contribution in [0.15, 0.2) is 35.4 Å². The van der Waals surface area contributed by atoms with Crippen LogP contribution in [0.1, 0.15) is 71.3 Å². The van der Waals surface area contributed by atoms with Crippen molar-refractivity contribution in [3.8, 4) is 11.5 Å². The molecule has 0 saturated heterocycles. The molecule has 26 heavy (non-hydrogen) atoms. The number of phenols is 1. The van der Waals surface area contributed by atoms with E-state index in [2.05, 4.69) is 26.0 Å². The zero-order chi connectivity index (χ0) is 18.5. The summed E-state index contributed by atoms with van der Waals surface area (Å²) in [4.78, 5) is 0. The van der Waals surface area contributed by atoms with Crippen LogP contribution in [0.3, 0.4) is 0 Å². The number of benzene rings is 1. The molecule has 3 unspecified atom stereocenters. The largest absolute Gasteiger partial charge is 0.504 e. The van der Waals surface area contributed by atoms with Gasteiger partial charge in [-0.2, -0.15) is 0 Å². The van der Waals surface area contributed by atoms with Gasteiger partial charge in [-0.25, -0.2) is 0 Å². The summed E-state index contributed by atoms with van der Waals surface area (Å²) < 4.78 is 5.54. The number of aromatic hydroxyl groups is 1. The van der Waals surface area contributed by atoms with Crippen molar-refractivity contribution < 1.29 is 9.84 Å². The van der Waals surface area contributed by atoms with Gasteiger partial charge >= 0.3 is 0 Å². The first-order chi connectivity index (χ1) is 12.6. The third-order valence-corrected chi connectivity index (χ3v) is 6.32. The van der Waals surface area contributed by atoms with E-state index >= 15 is 0 Å². The molecule has 1 N–H and O–H groups in total. The van der Waals surface area contributed by atoms with Gasteiger partial charge in [0.1, 0.15) is 0 Å². The van der Waals surface area contributed by atoms with Crippen LogP contribution in [0, 0.1) is 17.8 Å². The summed E-state index contributed by atoms with van der Waals surface area (Å²) in [7, 11) is 0. The Kier molecular flexibility index (Phi) is 6.45. The Bertz CT molecular complexity index is 671. The quantitative estimate of drug-likeness (QED) is 0.573. The van der Waals surface area contributed by atoms with Gasteiger partial charge in [0.15, 0.2) is 11.5 Å². The van der Waals surface area contributed by atoms with Crippen molar-refractivity contribution >= 4 is 6.08 Å². The summed E-state index contributed by atoms with van der Waals surface area (Å²) in [5, 5.41) is 9.91. The summed E-state index contributed by atoms with van der Waals surface area (Å²) in [5.41, 5.74) is 4.32. The molecule has 2 aliphatic rings. The summed E-state index contributed by atoms with van der Waals surface area (Å²) in [5.74, 6) is 3.20. The first-order valence-electron chi connectivity index (χ1n) is 10.4. The normalized spacial score (nSPS) is 26.0. The van der Waals surface area contributed by atoms with Crippen LogP contribution in [0.25, 0.3) is 6.08 Å². The van der Waals surface area contributed by atoms with Crippen molar-refractivity contribution in [2.75, 3.05) is 6.61 Å². The Balaban J connectivity index is 1.68. The van der Waals surface area contributed by atoms with Crippen LogP contribution >= 0.6 is 0 Å². The Morgan fingerprint density at radius 1 is 1.27 bits per heavy atom. The van der Waals surface area contributed by atoms with Crippen molar-refractivity contribution in [2.24, 2.45) is 17.8 Å². The van der Waals surface area contributed by atoms with E-state index < -0.39 is 0 Å². The zero-order valence-corrected chi connectivity index (χ0v) is 16.6. The fraction of sp³-hybridized carbons (Fsp3) is 0.583. The highest BCUT2D eigenvalue weighted by atomic mass is 16.5.